The van der Waals surface area contributed by atoms with E-state index in [4.69, 9.17) is 0 Å². The molecule has 0 spiro atoms. The summed E-state index contributed by atoms with van der Waals surface area (Å²) in [5, 5.41) is 0. The van der Waals surface area contributed by atoms with Gasteiger partial charge in [-0.3, -0.25) is 0 Å². The van der Waals surface area contributed by atoms with E-state index >= 15 is 0 Å². The van der Waals surface area contributed by atoms with Crippen molar-refractivity contribution in [1.82, 2.24) is 0 Å². The summed E-state index contributed by atoms with van der Waals surface area (Å²) in [5.74, 6) is 5.84. The molecule has 4 aliphatic carbocycles. The lowest BCUT2D eigenvalue weighted by molar-refractivity contribution is -0.0500. The van der Waals surface area contributed by atoms with Crippen LogP contribution in [0.5, 0.6) is 0 Å². The van der Waals surface area contributed by atoms with Crippen LogP contribution in [0.15, 0.2) is 24.8 Å². The quantitative estimate of drug-likeness (QED) is 0.405. The lowest BCUT2D eigenvalue weighted by Gasteiger charge is -2.58. The molecule has 0 amide bonds. The molecule has 0 aliphatic heterocycles. The second-order valence-corrected chi connectivity index (χ2v) is 12.0. The van der Waals surface area contributed by atoms with Crippen molar-refractivity contribution >= 4 is 0 Å². The van der Waals surface area contributed by atoms with Crippen LogP contribution < -0.4 is 0 Å². The number of fused-ring (bicyclic) bond motifs is 5. The maximum absolute atomic E-state index is 3.00. The summed E-state index contributed by atoms with van der Waals surface area (Å²) in [4.78, 5) is 0. The van der Waals surface area contributed by atoms with Crippen LogP contribution in [0.3, 0.4) is 0 Å². The van der Waals surface area contributed by atoms with E-state index in [-0.39, 0.29) is 0 Å². The van der Waals surface area contributed by atoms with E-state index in [0.29, 0.717) is 10.8 Å². The number of hydrogen-bond acceptors (Lipinski definition) is 0. The van der Waals surface area contributed by atoms with Gasteiger partial charge in [-0.2, -0.15) is 0 Å². The third kappa shape index (κ3) is 4.16. The Hall–Kier alpha value is -0.520. The molecule has 29 heavy (non-hydrogen) atoms. The monoisotopic (exact) mass is 398 g/mol. The second kappa shape index (κ2) is 9.32. The van der Waals surface area contributed by atoms with Crippen LogP contribution in [-0.4, -0.2) is 0 Å². The lowest BCUT2D eigenvalue weighted by Crippen LogP contribution is -2.50. The van der Waals surface area contributed by atoms with Crippen molar-refractivity contribution in [2.75, 3.05) is 0 Å². The summed E-state index contributed by atoms with van der Waals surface area (Å²) in [6, 6.07) is 0. The van der Waals surface area contributed by atoms with Gasteiger partial charge < -0.3 is 0 Å². The zero-order valence-electron chi connectivity index (χ0n) is 20.4. The molecular formula is C29H50. The van der Waals surface area contributed by atoms with E-state index in [1.807, 2.05) is 5.57 Å². The molecule has 0 aromatic heterocycles. The Morgan fingerprint density at radius 1 is 0.966 bits per heavy atom. The van der Waals surface area contributed by atoms with Crippen LogP contribution in [0.25, 0.3) is 0 Å². The minimum absolute atomic E-state index is 0.573. The van der Waals surface area contributed by atoms with Gasteiger partial charge >= 0.3 is 0 Å². The van der Waals surface area contributed by atoms with Crippen molar-refractivity contribution in [3.63, 3.8) is 0 Å². The highest BCUT2D eigenvalue weighted by molar-refractivity contribution is 5.24. The van der Waals surface area contributed by atoms with Gasteiger partial charge in [-0.05, 0) is 97.7 Å². The van der Waals surface area contributed by atoms with Crippen molar-refractivity contribution in [3.05, 3.63) is 24.8 Å². The average Bonchev–Trinajstić information content (AvgIpc) is 3.06. The van der Waals surface area contributed by atoms with Crippen molar-refractivity contribution in [2.45, 2.75) is 112 Å². The largest absolute Gasteiger partial charge is 0.106 e. The summed E-state index contributed by atoms with van der Waals surface area (Å²) in [7, 11) is 0. The fraction of sp³-hybridized carbons (Fsp3) is 0.862. The number of allylic oxidation sites excluding steroid dienone is 2. The highest BCUT2D eigenvalue weighted by Crippen LogP contribution is 2.67. The summed E-state index contributed by atoms with van der Waals surface area (Å²) < 4.78 is 0. The lowest BCUT2D eigenvalue weighted by atomic mass is 9.47. The summed E-state index contributed by atoms with van der Waals surface area (Å²) >= 11 is 0. The molecule has 0 saturated heterocycles. The zero-order valence-corrected chi connectivity index (χ0v) is 20.4. The second-order valence-electron chi connectivity index (χ2n) is 12.0. The van der Waals surface area contributed by atoms with Crippen LogP contribution in [0.4, 0.5) is 0 Å². The molecule has 0 radical (unpaired) electrons. The Morgan fingerprint density at radius 2 is 1.72 bits per heavy atom. The molecule has 5 unspecified atom stereocenters. The Kier molecular flexibility index (Phi) is 7.44. The molecule has 7 atom stereocenters. The summed E-state index contributed by atoms with van der Waals surface area (Å²) in [6.45, 7) is 18.8. The van der Waals surface area contributed by atoms with E-state index in [1.165, 1.54) is 77.0 Å². The molecular weight excluding hydrogens is 348 g/mol. The van der Waals surface area contributed by atoms with Gasteiger partial charge in [0.05, 0.1) is 0 Å². The van der Waals surface area contributed by atoms with Gasteiger partial charge in [0.2, 0.25) is 0 Å². The van der Waals surface area contributed by atoms with Crippen LogP contribution in [0.2, 0.25) is 0 Å². The molecule has 4 aliphatic rings. The molecule has 0 nitrogen and oxygen atoms in total. The van der Waals surface area contributed by atoms with Gasteiger partial charge in [0, 0.05) is 0 Å². The third-order valence-electron chi connectivity index (χ3n) is 10.2. The van der Waals surface area contributed by atoms with E-state index in [1.54, 1.807) is 0 Å². The SMILES string of the molecule is C=C.CC(C)CCCC(C)[C@H]1CCC2C3CC=C4CCCCC4(C)C3CC[C@@]21C. The van der Waals surface area contributed by atoms with E-state index in [2.05, 4.69) is 53.9 Å². The first-order valence-electron chi connectivity index (χ1n) is 13.1. The molecule has 166 valence electrons. The maximum atomic E-state index is 3.00. The highest BCUT2D eigenvalue weighted by Gasteiger charge is 2.58. The Labute approximate surface area is 183 Å². The summed E-state index contributed by atoms with van der Waals surface area (Å²) in [6.07, 6.45) is 20.5. The van der Waals surface area contributed by atoms with Gasteiger partial charge in [0.15, 0.2) is 0 Å². The maximum Gasteiger partial charge on any atom is -0.00853 e. The van der Waals surface area contributed by atoms with Crippen LogP contribution in [0.1, 0.15) is 112 Å². The van der Waals surface area contributed by atoms with Gasteiger partial charge in [-0.1, -0.05) is 72.0 Å². The molecule has 3 fully saturated rings. The van der Waals surface area contributed by atoms with Crippen molar-refractivity contribution in [3.8, 4) is 0 Å². The van der Waals surface area contributed by atoms with Crippen LogP contribution >= 0.6 is 0 Å². The van der Waals surface area contributed by atoms with E-state index in [0.717, 1.165) is 35.5 Å². The van der Waals surface area contributed by atoms with E-state index < -0.39 is 0 Å². The molecule has 4 rings (SSSR count). The first-order chi connectivity index (χ1) is 13.9. The Morgan fingerprint density at radius 3 is 2.45 bits per heavy atom. The van der Waals surface area contributed by atoms with Gasteiger partial charge in [0.25, 0.3) is 0 Å². The van der Waals surface area contributed by atoms with Gasteiger partial charge in [-0.25, -0.2) is 0 Å². The van der Waals surface area contributed by atoms with Crippen molar-refractivity contribution < 1.29 is 0 Å². The first-order valence-corrected chi connectivity index (χ1v) is 13.1. The smallest absolute Gasteiger partial charge is 0.00853 e. The zero-order chi connectivity index (χ0) is 21.2. The topological polar surface area (TPSA) is 0 Å². The molecule has 0 aromatic rings. The predicted octanol–water partition coefficient (Wildman–Crippen LogP) is 9.22. The standard InChI is InChI=1S/C27H46.C2H4/c1-19(2)9-8-10-20(3)23-14-15-24-22-13-12-21-11-6-7-17-26(21,4)25(22)16-18-27(23,24)5;1-2/h12,19-20,22-25H,6-11,13-18H2,1-5H3;1-2H2/t20?,22?,23-,24?,25?,26?,27-;/m1./s1. The molecule has 0 aromatic carbocycles. The first kappa shape index (κ1) is 23.1. The fourth-order valence-corrected chi connectivity index (χ4v) is 8.72. The molecule has 0 bridgehead atoms. The van der Waals surface area contributed by atoms with Crippen molar-refractivity contribution in [2.24, 2.45) is 46.3 Å². The Bertz CT molecular complexity index is 571. The van der Waals surface area contributed by atoms with Gasteiger partial charge in [0.1, 0.15) is 0 Å². The number of hydrogen-bond donors (Lipinski definition) is 0. The minimum Gasteiger partial charge on any atom is -0.106 e. The van der Waals surface area contributed by atoms with Crippen LogP contribution in [0, 0.1) is 46.3 Å². The normalized spacial score (nSPS) is 42.1. The fourth-order valence-electron chi connectivity index (χ4n) is 8.72. The molecule has 3 saturated carbocycles. The van der Waals surface area contributed by atoms with Gasteiger partial charge in [-0.15, -0.1) is 13.2 Å². The molecule has 0 heteroatoms. The number of rotatable bonds is 5. The third-order valence-corrected chi connectivity index (χ3v) is 10.2. The Balaban J connectivity index is 0.00000117. The molecule has 0 N–H and O–H groups in total. The van der Waals surface area contributed by atoms with Crippen LogP contribution in [-0.2, 0) is 0 Å². The summed E-state index contributed by atoms with van der Waals surface area (Å²) in [5.41, 5.74) is 3.09. The molecule has 0 heterocycles. The highest BCUT2D eigenvalue weighted by atomic mass is 14.6. The average molecular weight is 399 g/mol. The minimum atomic E-state index is 0.573. The van der Waals surface area contributed by atoms with Crippen molar-refractivity contribution in [1.29, 1.82) is 0 Å². The van der Waals surface area contributed by atoms with E-state index in [9.17, 15) is 0 Å². The predicted molar refractivity (Wildman–Crippen MR) is 129 cm³/mol.